The second kappa shape index (κ2) is 18.7. The first kappa shape index (κ1) is 39.2. The van der Waals surface area contributed by atoms with E-state index in [1.165, 1.54) is 6.92 Å². The molecule has 4 N–H and O–H groups in total. The smallest absolute Gasteiger partial charge is 0.326 e. The molecule has 294 valence electrons. The molecular weight excluding hydrogens is 707 g/mol. The molecule has 3 unspecified atom stereocenters. The zero-order valence-corrected chi connectivity index (χ0v) is 32.1. The molecule has 4 aromatic carbocycles. The maximum absolute atomic E-state index is 12.9. The molecule has 2 aliphatic rings. The summed E-state index contributed by atoms with van der Waals surface area (Å²) in [5, 5.41) is 15.5. The van der Waals surface area contributed by atoms with E-state index < -0.39 is 6.29 Å². The summed E-state index contributed by atoms with van der Waals surface area (Å²) in [6, 6.07) is 32.4. The molecular formula is C45H53N5O6. The predicted octanol–water partition coefficient (Wildman–Crippen LogP) is 6.68. The van der Waals surface area contributed by atoms with Gasteiger partial charge in [-0.3, -0.25) is 14.2 Å². The van der Waals surface area contributed by atoms with E-state index in [9.17, 15) is 19.5 Å². The summed E-state index contributed by atoms with van der Waals surface area (Å²) in [7, 11) is 0. The molecule has 2 saturated heterocycles. The van der Waals surface area contributed by atoms with Crippen molar-refractivity contribution >= 4 is 22.8 Å². The minimum Gasteiger partial charge on any atom is -0.392 e. The number of amides is 2. The molecule has 3 atom stereocenters. The number of nitrogens with zero attached hydrogens (tertiary/aromatic N) is 2. The largest absolute Gasteiger partial charge is 0.392 e. The highest BCUT2D eigenvalue weighted by atomic mass is 16.7. The van der Waals surface area contributed by atoms with Crippen LogP contribution in [-0.2, 0) is 32.2 Å². The van der Waals surface area contributed by atoms with Crippen molar-refractivity contribution < 1.29 is 24.2 Å². The van der Waals surface area contributed by atoms with E-state index in [0.29, 0.717) is 25.9 Å². The molecule has 3 heterocycles. The van der Waals surface area contributed by atoms with Gasteiger partial charge in [-0.2, -0.15) is 0 Å². The van der Waals surface area contributed by atoms with Gasteiger partial charge < -0.3 is 35.1 Å². The lowest BCUT2D eigenvalue weighted by atomic mass is 9.97. The summed E-state index contributed by atoms with van der Waals surface area (Å²) in [6.07, 6.45) is 4.61. The minimum atomic E-state index is -0.569. The van der Waals surface area contributed by atoms with Crippen molar-refractivity contribution in [1.82, 2.24) is 25.1 Å². The number of carbonyl (C=O) groups excluding carboxylic acids is 2. The lowest BCUT2D eigenvalue weighted by Gasteiger charge is -2.40. The molecule has 11 nitrogen and oxygen atoms in total. The molecule has 2 aliphatic heterocycles. The Hall–Kier alpha value is -5.07. The van der Waals surface area contributed by atoms with Crippen LogP contribution in [0, 0.1) is 0 Å². The number of para-hydroxylation sites is 2. The standard InChI is InChI=1S/C45H53N5O6/c1-31(52)46-24-8-2-3-13-43(53)47-28-36-9-4-5-10-39(36)33-18-20-35(21-19-33)44-55-38(27-42(56-44)34-16-14-32(30-51)15-17-34)29-49-25-22-37(23-26-49)50-41-12-7-6-11-40(41)48-45(50)54/h4-7,9-12,14-21,37-38,42,44,51H,2-3,8,13,22-30H2,1H3,(H,46,52)(H,47,53)(H,48,54). The van der Waals surface area contributed by atoms with Crippen molar-refractivity contribution in [3.05, 3.63) is 130 Å². The summed E-state index contributed by atoms with van der Waals surface area (Å²) in [6.45, 7) is 5.07. The number of aromatic nitrogens is 2. The van der Waals surface area contributed by atoms with Crippen LogP contribution in [0.5, 0.6) is 0 Å². The van der Waals surface area contributed by atoms with E-state index in [-0.39, 0.29) is 42.4 Å². The topological polar surface area (TPSA) is 138 Å². The van der Waals surface area contributed by atoms with E-state index in [1.807, 2.05) is 71.3 Å². The molecule has 11 heteroatoms. The van der Waals surface area contributed by atoms with E-state index in [1.54, 1.807) is 0 Å². The minimum absolute atomic E-state index is 0.00916. The van der Waals surface area contributed by atoms with Gasteiger partial charge in [0.25, 0.3) is 0 Å². The number of likely N-dealkylation sites (tertiary alicyclic amines) is 1. The Labute approximate surface area is 328 Å². The first-order chi connectivity index (χ1) is 27.3. The van der Waals surface area contributed by atoms with Crippen LogP contribution >= 0.6 is 0 Å². The first-order valence-electron chi connectivity index (χ1n) is 20.0. The molecule has 2 fully saturated rings. The number of ether oxygens (including phenoxy) is 2. The van der Waals surface area contributed by atoms with Gasteiger partial charge in [-0.1, -0.05) is 91.3 Å². The molecule has 0 spiro atoms. The second-order valence-electron chi connectivity index (χ2n) is 15.0. The quantitative estimate of drug-likeness (QED) is 0.0874. The normalized spacial score (nSPS) is 19.2. The van der Waals surface area contributed by atoms with Gasteiger partial charge in [0.15, 0.2) is 6.29 Å². The molecule has 1 aromatic heterocycles. The maximum atomic E-state index is 12.9. The Morgan fingerprint density at radius 1 is 0.839 bits per heavy atom. The molecule has 0 aliphatic carbocycles. The van der Waals surface area contributed by atoms with Crippen LogP contribution in [0.1, 0.15) is 92.6 Å². The number of carbonyl (C=O) groups is 2. The number of hydrogen-bond donors (Lipinski definition) is 4. The van der Waals surface area contributed by atoms with Crippen molar-refractivity contribution in [2.24, 2.45) is 0 Å². The van der Waals surface area contributed by atoms with Crippen molar-refractivity contribution in [2.75, 3.05) is 26.2 Å². The highest BCUT2D eigenvalue weighted by Crippen LogP contribution is 2.39. The highest BCUT2D eigenvalue weighted by Gasteiger charge is 2.34. The fourth-order valence-corrected chi connectivity index (χ4v) is 8.03. The molecule has 0 saturated carbocycles. The number of aliphatic hydroxyl groups is 1. The van der Waals surface area contributed by atoms with E-state index in [0.717, 1.165) is 96.2 Å². The van der Waals surface area contributed by atoms with Gasteiger partial charge in [-0.15, -0.1) is 0 Å². The predicted molar refractivity (Wildman–Crippen MR) is 217 cm³/mol. The number of fused-ring (bicyclic) bond motifs is 1. The second-order valence-corrected chi connectivity index (χ2v) is 15.0. The molecule has 2 amide bonds. The molecule has 0 radical (unpaired) electrons. The number of unbranched alkanes of at least 4 members (excludes halogenated alkanes) is 2. The SMILES string of the molecule is CC(=O)NCCCCCC(=O)NCc1ccccc1-c1ccc(C2OC(CN3CCC(n4c(=O)[nH]c5ccccc54)CC3)CC(c3ccc(CO)cc3)O2)cc1. The van der Waals surface area contributed by atoms with Crippen molar-refractivity contribution in [3.63, 3.8) is 0 Å². The highest BCUT2D eigenvalue weighted by molar-refractivity contribution is 5.77. The van der Waals surface area contributed by atoms with Crippen LogP contribution in [0.2, 0.25) is 0 Å². The number of nitrogens with one attached hydrogen (secondary N) is 3. The Morgan fingerprint density at radius 2 is 1.57 bits per heavy atom. The average molecular weight is 760 g/mol. The summed E-state index contributed by atoms with van der Waals surface area (Å²) in [4.78, 5) is 42.0. The van der Waals surface area contributed by atoms with E-state index >= 15 is 0 Å². The number of imidazole rings is 1. The van der Waals surface area contributed by atoms with Gasteiger partial charge in [-0.05, 0) is 65.6 Å². The third-order valence-corrected chi connectivity index (χ3v) is 11.1. The zero-order valence-electron chi connectivity index (χ0n) is 32.1. The van der Waals surface area contributed by atoms with Crippen LogP contribution in [0.25, 0.3) is 22.2 Å². The summed E-state index contributed by atoms with van der Waals surface area (Å²) < 4.78 is 15.3. The van der Waals surface area contributed by atoms with Gasteiger partial charge in [0.1, 0.15) is 0 Å². The lowest BCUT2D eigenvalue weighted by molar-refractivity contribution is -0.253. The Balaban J connectivity index is 0.996. The fourth-order valence-electron chi connectivity index (χ4n) is 8.03. The number of H-pyrrole nitrogens is 1. The number of aliphatic hydroxyl groups excluding tert-OH is 1. The Kier molecular flexibility index (Phi) is 13.1. The fraction of sp³-hybridized carbons (Fsp3) is 0.400. The monoisotopic (exact) mass is 759 g/mol. The van der Waals surface area contributed by atoms with Gasteiger partial charge >= 0.3 is 5.69 Å². The number of aromatic amines is 1. The van der Waals surface area contributed by atoms with Crippen LogP contribution < -0.4 is 16.3 Å². The summed E-state index contributed by atoms with van der Waals surface area (Å²) in [5.74, 6) is -0.0111. The van der Waals surface area contributed by atoms with Crippen LogP contribution in [-0.4, -0.2) is 63.7 Å². The van der Waals surface area contributed by atoms with Gasteiger partial charge in [0.2, 0.25) is 11.8 Å². The van der Waals surface area contributed by atoms with E-state index in [4.69, 9.17) is 9.47 Å². The van der Waals surface area contributed by atoms with Crippen molar-refractivity contribution in [2.45, 2.75) is 89.6 Å². The Morgan fingerprint density at radius 3 is 2.34 bits per heavy atom. The first-order valence-corrected chi connectivity index (χ1v) is 20.0. The molecule has 5 aromatic rings. The average Bonchev–Trinajstić information content (AvgIpc) is 3.57. The third-order valence-electron chi connectivity index (χ3n) is 11.1. The molecule has 7 rings (SSSR count). The van der Waals surface area contributed by atoms with Gasteiger partial charge in [0, 0.05) is 64.1 Å². The number of hydrogen-bond acceptors (Lipinski definition) is 7. The van der Waals surface area contributed by atoms with E-state index in [2.05, 4.69) is 50.8 Å². The maximum Gasteiger partial charge on any atom is 0.326 e. The lowest BCUT2D eigenvalue weighted by Crippen LogP contribution is -2.43. The van der Waals surface area contributed by atoms with Crippen molar-refractivity contribution in [1.29, 1.82) is 0 Å². The zero-order chi connectivity index (χ0) is 38.9. The summed E-state index contributed by atoms with van der Waals surface area (Å²) in [5.41, 5.74) is 7.76. The number of benzene rings is 4. The van der Waals surface area contributed by atoms with Crippen LogP contribution in [0.3, 0.4) is 0 Å². The van der Waals surface area contributed by atoms with Crippen LogP contribution in [0.4, 0.5) is 0 Å². The van der Waals surface area contributed by atoms with Crippen molar-refractivity contribution in [3.8, 4) is 11.1 Å². The Bertz CT molecular complexity index is 2120. The van der Waals surface area contributed by atoms with Crippen LogP contribution in [0.15, 0.2) is 102 Å². The molecule has 0 bridgehead atoms. The molecule has 56 heavy (non-hydrogen) atoms. The number of rotatable bonds is 15. The summed E-state index contributed by atoms with van der Waals surface area (Å²) >= 11 is 0. The third kappa shape index (κ3) is 9.83. The van der Waals surface area contributed by atoms with Gasteiger partial charge in [0.05, 0.1) is 29.8 Å². The van der Waals surface area contributed by atoms with Gasteiger partial charge in [-0.25, -0.2) is 4.79 Å². The number of piperidine rings is 1.